The average Bonchev–Trinajstić information content (AvgIpc) is 2.52. The summed E-state index contributed by atoms with van der Waals surface area (Å²) in [6, 6.07) is 16.0. The molecule has 0 unspecified atom stereocenters. The molecule has 0 spiro atoms. The van der Waals surface area contributed by atoms with E-state index >= 15 is 0 Å². The molecule has 2 aromatic carbocycles. The van der Waals surface area contributed by atoms with Crippen LogP contribution in [0.25, 0.3) is 0 Å². The minimum atomic E-state index is -3.49. The first-order valence-corrected chi connectivity index (χ1v) is 8.31. The molecule has 0 bridgehead atoms. The molecule has 0 saturated heterocycles. The third kappa shape index (κ3) is 4.39. The van der Waals surface area contributed by atoms with Gasteiger partial charge in [0.05, 0.1) is 11.5 Å². The van der Waals surface area contributed by atoms with Crippen LogP contribution in [0, 0.1) is 0 Å². The van der Waals surface area contributed by atoms with Gasteiger partial charge in [-0.15, -0.1) is 0 Å². The predicted molar refractivity (Wildman–Crippen MR) is 82.2 cm³/mol. The molecular weight excluding hydrogens is 286 g/mol. The van der Waals surface area contributed by atoms with E-state index in [-0.39, 0.29) is 11.4 Å². The van der Waals surface area contributed by atoms with Crippen molar-refractivity contribution in [2.45, 2.75) is 25.0 Å². The van der Waals surface area contributed by atoms with E-state index < -0.39 is 10.0 Å². The Bertz CT molecular complexity index is 669. The van der Waals surface area contributed by atoms with Gasteiger partial charge < -0.3 is 4.74 Å². The number of sulfonamides is 1. The quantitative estimate of drug-likeness (QED) is 0.855. The van der Waals surface area contributed by atoms with Crippen molar-refractivity contribution in [3.8, 4) is 0 Å². The zero-order valence-electron chi connectivity index (χ0n) is 12.0. The lowest BCUT2D eigenvalue weighted by Gasteiger charge is -2.11. The van der Waals surface area contributed by atoms with Gasteiger partial charge in [-0.1, -0.05) is 42.5 Å². The first-order chi connectivity index (χ1) is 10.1. The number of hydrogen-bond donors (Lipinski definition) is 1. The Morgan fingerprint density at radius 1 is 0.952 bits per heavy atom. The van der Waals surface area contributed by atoms with Gasteiger partial charge >= 0.3 is 0 Å². The average molecular weight is 305 g/mol. The molecule has 0 atom stereocenters. The van der Waals surface area contributed by atoms with Crippen LogP contribution in [0.1, 0.15) is 18.1 Å². The van der Waals surface area contributed by atoms with Gasteiger partial charge in [-0.2, -0.15) is 0 Å². The van der Waals surface area contributed by atoms with Crippen LogP contribution in [0.4, 0.5) is 0 Å². The van der Waals surface area contributed by atoms with Gasteiger partial charge in [-0.3, -0.25) is 0 Å². The van der Waals surface area contributed by atoms with E-state index in [2.05, 4.69) is 4.72 Å². The highest BCUT2D eigenvalue weighted by Crippen LogP contribution is 2.12. The first kappa shape index (κ1) is 15.7. The fourth-order valence-electron chi connectivity index (χ4n) is 1.94. The predicted octanol–water partition coefficient (Wildman–Crippen LogP) is 2.70. The van der Waals surface area contributed by atoms with Crippen LogP contribution >= 0.6 is 0 Å². The summed E-state index contributed by atoms with van der Waals surface area (Å²) in [6.07, 6.45) is 0. The van der Waals surface area contributed by atoms with Crippen molar-refractivity contribution in [1.29, 1.82) is 0 Å². The summed E-state index contributed by atoms with van der Waals surface area (Å²) in [4.78, 5) is 0.271. The second-order valence-electron chi connectivity index (χ2n) is 4.54. The summed E-state index contributed by atoms with van der Waals surface area (Å²) >= 11 is 0. The van der Waals surface area contributed by atoms with Crippen LogP contribution in [0.5, 0.6) is 0 Å². The molecule has 5 heteroatoms. The highest BCUT2D eigenvalue weighted by atomic mass is 32.2. The standard InChI is InChI=1S/C16H19NO3S/c1-2-20-13-15-9-7-6-8-14(15)12-17-21(18,19)16-10-4-3-5-11-16/h3-11,17H,2,12-13H2,1H3. The van der Waals surface area contributed by atoms with Gasteiger partial charge in [0.1, 0.15) is 0 Å². The molecule has 0 aliphatic heterocycles. The molecule has 0 aliphatic rings. The second-order valence-corrected chi connectivity index (χ2v) is 6.31. The van der Waals surface area contributed by atoms with Crippen molar-refractivity contribution >= 4 is 10.0 Å². The van der Waals surface area contributed by atoms with Crippen LogP contribution in [0.2, 0.25) is 0 Å². The molecule has 21 heavy (non-hydrogen) atoms. The molecule has 4 nitrogen and oxygen atoms in total. The van der Waals surface area contributed by atoms with E-state index in [0.717, 1.165) is 11.1 Å². The van der Waals surface area contributed by atoms with Crippen LogP contribution in [-0.4, -0.2) is 15.0 Å². The van der Waals surface area contributed by atoms with Crippen LogP contribution in [0.3, 0.4) is 0 Å². The Kier molecular flexibility index (Phi) is 5.50. The molecule has 0 radical (unpaired) electrons. The fraction of sp³-hybridized carbons (Fsp3) is 0.250. The molecule has 0 amide bonds. The summed E-state index contributed by atoms with van der Waals surface area (Å²) in [7, 11) is -3.49. The van der Waals surface area contributed by atoms with Crippen LogP contribution < -0.4 is 4.72 Å². The lowest BCUT2D eigenvalue weighted by molar-refractivity contribution is 0.133. The molecule has 0 aromatic heterocycles. The summed E-state index contributed by atoms with van der Waals surface area (Å²) in [5.74, 6) is 0. The summed E-state index contributed by atoms with van der Waals surface area (Å²) in [5, 5.41) is 0. The van der Waals surface area contributed by atoms with E-state index in [1.807, 2.05) is 31.2 Å². The summed E-state index contributed by atoms with van der Waals surface area (Å²) in [5.41, 5.74) is 1.92. The van der Waals surface area contributed by atoms with Crippen molar-refractivity contribution in [1.82, 2.24) is 4.72 Å². The Balaban J connectivity index is 2.10. The van der Waals surface area contributed by atoms with Crippen molar-refractivity contribution in [3.05, 3.63) is 65.7 Å². The van der Waals surface area contributed by atoms with E-state index in [1.54, 1.807) is 30.3 Å². The van der Waals surface area contributed by atoms with Crippen molar-refractivity contribution < 1.29 is 13.2 Å². The van der Waals surface area contributed by atoms with Gasteiger partial charge in [-0.25, -0.2) is 13.1 Å². The number of rotatable bonds is 7. The highest BCUT2D eigenvalue weighted by Gasteiger charge is 2.13. The number of nitrogens with one attached hydrogen (secondary N) is 1. The molecule has 1 N–H and O–H groups in total. The molecule has 2 rings (SSSR count). The number of hydrogen-bond acceptors (Lipinski definition) is 3. The molecule has 112 valence electrons. The Morgan fingerprint density at radius 3 is 2.24 bits per heavy atom. The maximum Gasteiger partial charge on any atom is 0.240 e. The Morgan fingerprint density at radius 2 is 1.57 bits per heavy atom. The van der Waals surface area contributed by atoms with E-state index in [9.17, 15) is 8.42 Å². The zero-order valence-corrected chi connectivity index (χ0v) is 12.8. The Hall–Kier alpha value is -1.69. The molecular formula is C16H19NO3S. The molecule has 2 aromatic rings. The van der Waals surface area contributed by atoms with Crippen LogP contribution in [0.15, 0.2) is 59.5 Å². The number of ether oxygens (including phenoxy) is 1. The molecule has 0 fully saturated rings. The maximum absolute atomic E-state index is 12.2. The second kappa shape index (κ2) is 7.36. The summed E-state index contributed by atoms with van der Waals surface area (Å²) in [6.45, 7) is 3.30. The first-order valence-electron chi connectivity index (χ1n) is 6.82. The van der Waals surface area contributed by atoms with Gasteiger partial charge in [-0.05, 0) is 30.2 Å². The van der Waals surface area contributed by atoms with Crippen molar-refractivity contribution in [3.63, 3.8) is 0 Å². The van der Waals surface area contributed by atoms with E-state index in [4.69, 9.17) is 4.74 Å². The third-order valence-corrected chi connectivity index (χ3v) is 4.50. The highest BCUT2D eigenvalue weighted by molar-refractivity contribution is 7.89. The lowest BCUT2D eigenvalue weighted by atomic mass is 10.1. The minimum absolute atomic E-state index is 0.250. The molecule has 0 saturated carbocycles. The van der Waals surface area contributed by atoms with E-state index in [0.29, 0.717) is 13.2 Å². The topological polar surface area (TPSA) is 55.4 Å². The summed E-state index contributed by atoms with van der Waals surface area (Å²) < 4.78 is 32.4. The molecule has 0 heterocycles. The third-order valence-electron chi connectivity index (χ3n) is 3.09. The maximum atomic E-state index is 12.2. The SMILES string of the molecule is CCOCc1ccccc1CNS(=O)(=O)c1ccccc1. The van der Waals surface area contributed by atoms with Crippen LogP contribution in [-0.2, 0) is 27.9 Å². The largest absolute Gasteiger partial charge is 0.377 e. The van der Waals surface area contributed by atoms with Crippen molar-refractivity contribution in [2.75, 3.05) is 6.61 Å². The Labute approximate surface area is 125 Å². The smallest absolute Gasteiger partial charge is 0.240 e. The molecule has 0 aliphatic carbocycles. The normalized spacial score (nSPS) is 11.5. The monoisotopic (exact) mass is 305 g/mol. The zero-order chi connectivity index (χ0) is 15.1. The van der Waals surface area contributed by atoms with E-state index in [1.165, 1.54) is 0 Å². The van der Waals surface area contributed by atoms with Gasteiger partial charge in [0.15, 0.2) is 0 Å². The van der Waals surface area contributed by atoms with Crippen molar-refractivity contribution in [2.24, 2.45) is 0 Å². The van der Waals surface area contributed by atoms with Gasteiger partial charge in [0.25, 0.3) is 0 Å². The minimum Gasteiger partial charge on any atom is -0.377 e. The van der Waals surface area contributed by atoms with Gasteiger partial charge in [0, 0.05) is 13.2 Å². The number of benzene rings is 2. The lowest BCUT2D eigenvalue weighted by Crippen LogP contribution is -2.23. The van der Waals surface area contributed by atoms with Gasteiger partial charge in [0.2, 0.25) is 10.0 Å². The fourth-order valence-corrected chi connectivity index (χ4v) is 2.97.